The van der Waals surface area contributed by atoms with Gasteiger partial charge in [0.25, 0.3) is 0 Å². The molecule has 11 aromatic rings. The van der Waals surface area contributed by atoms with Crippen LogP contribution in [0.2, 0.25) is 0 Å². The molecular weight excluding hydrogens is 733 g/mol. The Hall–Kier alpha value is -7.54. The Kier molecular flexibility index (Phi) is 6.69. The molecule has 0 nitrogen and oxygen atoms in total. The third-order valence-corrected chi connectivity index (χ3v) is 14.5. The molecule has 0 N–H and O–H groups in total. The average Bonchev–Trinajstić information content (AvgIpc) is 3.79. The number of fused-ring (bicyclic) bond motifs is 18. The van der Waals surface area contributed by atoms with E-state index in [1.165, 1.54) is 132 Å². The summed E-state index contributed by atoms with van der Waals surface area (Å²) < 4.78 is 0. The third kappa shape index (κ3) is 4.49. The van der Waals surface area contributed by atoms with Crippen molar-refractivity contribution in [1.82, 2.24) is 0 Å². The molecule has 0 aromatic heterocycles. The molecule has 61 heavy (non-hydrogen) atoms. The minimum atomic E-state index is -0.472. The van der Waals surface area contributed by atoms with Gasteiger partial charge in [0, 0.05) is 0 Å². The zero-order valence-corrected chi connectivity index (χ0v) is 33.5. The second-order valence-corrected chi connectivity index (χ2v) is 17.4. The van der Waals surface area contributed by atoms with Gasteiger partial charge in [-0.05, 0) is 175 Å². The fourth-order valence-electron chi connectivity index (χ4n) is 11.9. The van der Waals surface area contributed by atoms with E-state index in [1.807, 2.05) is 0 Å². The maximum atomic E-state index is 2.55. The van der Waals surface area contributed by atoms with Gasteiger partial charge in [0.2, 0.25) is 0 Å². The molecule has 0 radical (unpaired) electrons. The lowest BCUT2D eigenvalue weighted by Crippen LogP contribution is -2.26. The molecule has 0 heteroatoms. The van der Waals surface area contributed by atoms with E-state index < -0.39 is 5.41 Å². The SMILES string of the molecule is c1ccc2c(c1)CCc1cc3cccc(-c4ccc5c(c4)C4(c6ccccc6-5)c5ccccc5-c5ccc(-c6cccc7cc8ccc9ccccc9c8cc67)cc54)c3cc1-2. The fourth-order valence-corrected chi connectivity index (χ4v) is 11.9. The molecule has 0 saturated carbocycles. The fraction of sp³-hybridized carbons (Fsp3) is 0.0492. The second-order valence-electron chi connectivity index (χ2n) is 17.4. The first-order chi connectivity index (χ1) is 30.2. The van der Waals surface area contributed by atoms with Crippen LogP contribution in [0.4, 0.5) is 0 Å². The molecule has 3 aliphatic carbocycles. The highest BCUT2D eigenvalue weighted by atomic mass is 14.5. The summed E-state index contributed by atoms with van der Waals surface area (Å²) in [4.78, 5) is 0. The minimum absolute atomic E-state index is 0.472. The summed E-state index contributed by atoms with van der Waals surface area (Å²) in [5, 5.41) is 10.3. The number of aryl methyl sites for hydroxylation is 2. The maximum absolute atomic E-state index is 2.55. The van der Waals surface area contributed by atoms with Gasteiger partial charge in [-0.15, -0.1) is 0 Å². The number of benzene rings is 11. The highest BCUT2D eigenvalue weighted by Crippen LogP contribution is 2.63. The molecule has 0 bridgehead atoms. The van der Waals surface area contributed by atoms with Crippen LogP contribution in [0.25, 0.3) is 98.7 Å². The average molecular weight is 771 g/mol. The normalized spacial score (nSPS) is 15.5. The monoisotopic (exact) mass is 770 g/mol. The first kappa shape index (κ1) is 33.3. The second kappa shape index (κ2) is 12.3. The number of hydrogen-bond acceptors (Lipinski definition) is 0. The molecule has 0 heterocycles. The van der Waals surface area contributed by atoms with Crippen molar-refractivity contribution in [1.29, 1.82) is 0 Å². The Bertz CT molecular complexity index is 3700. The zero-order chi connectivity index (χ0) is 39.8. The largest absolute Gasteiger partial charge is 0.0725 e. The van der Waals surface area contributed by atoms with Gasteiger partial charge in [0.1, 0.15) is 0 Å². The van der Waals surface area contributed by atoms with Crippen LogP contribution in [0.1, 0.15) is 33.4 Å². The van der Waals surface area contributed by atoms with Crippen LogP contribution in [0.5, 0.6) is 0 Å². The molecule has 14 rings (SSSR count). The van der Waals surface area contributed by atoms with E-state index in [-0.39, 0.29) is 0 Å². The van der Waals surface area contributed by atoms with Crippen molar-refractivity contribution in [2.45, 2.75) is 18.3 Å². The van der Waals surface area contributed by atoms with Crippen molar-refractivity contribution in [2.24, 2.45) is 0 Å². The van der Waals surface area contributed by atoms with Crippen LogP contribution in [-0.4, -0.2) is 0 Å². The summed E-state index contributed by atoms with van der Waals surface area (Å²) in [7, 11) is 0. The number of rotatable bonds is 2. The molecule has 0 aliphatic heterocycles. The van der Waals surface area contributed by atoms with Gasteiger partial charge in [-0.3, -0.25) is 0 Å². The Morgan fingerprint density at radius 2 is 0.754 bits per heavy atom. The van der Waals surface area contributed by atoms with Crippen molar-refractivity contribution in [3.8, 4) is 55.6 Å². The highest BCUT2D eigenvalue weighted by Gasteiger charge is 2.51. The molecule has 11 aromatic carbocycles. The summed E-state index contributed by atoms with van der Waals surface area (Å²) in [6.07, 6.45) is 2.18. The van der Waals surface area contributed by atoms with Gasteiger partial charge >= 0.3 is 0 Å². The van der Waals surface area contributed by atoms with Crippen LogP contribution in [0, 0.1) is 0 Å². The van der Waals surface area contributed by atoms with Crippen LogP contribution in [0.15, 0.2) is 206 Å². The molecule has 1 spiro atoms. The first-order valence-corrected chi connectivity index (χ1v) is 21.7. The standard InChI is InChI=1S/C61H38/c1-3-15-45-37(11-1)23-25-41-31-39-13-9-19-47(53(39)35-55(41)45)43-27-29-51-49-17-5-7-21-57(49)61(59(51)33-43)58-22-8-6-18-50(58)52-30-28-44(34-60(52)61)48-20-10-14-40-32-42-26-24-38-12-2-4-16-46(38)56(42)36-54(40)48/h1-23,25,27-36H,24,26H2. The lowest BCUT2D eigenvalue weighted by Gasteiger charge is -2.31. The highest BCUT2D eigenvalue weighted by molar-refractivity contribution is 6.14. The van der Waals surface area contributed by atoms with Crippen LogP contribution in [0.3, 0.4) is 0 Å². The van der Waals surface area contributed by atoms with Crippen molar-refractivity contribution >= 4 is 43.1 Å². The third-order valence-electron chi connectivity index (χ3n) is 14.5. The van der Waals surface area contributed by atoms with Gasteiger partial charge in [0.05, 0.1) is 5.41 Å². The van der Waals surface area contributed by atoms with Crippen molar-refractivity contribution < 1.29 is 0 Å². The molecule has 0 saturated heterocycles. The smallest absolute Gasteiger partial charge is 0.0620 e. The Morgan fingerprint density at radius 3 is 1.48 bits per heavy atom. The lowest BCUT2D eigenvalue weighted by atomic mass is 9.70. The topological polar surface area (TPSA) is 0 Å². The van der Waals surface area contributed by atoms with Crippen molar-refractivity contribution in [3.63, 3.8) is 0 Å². The van der Waals surface area contributed by atoms with Crippen LogP contribution < -0.4 is 0 Å². The molecule has 1 atom stereocenters. The van der Waals surface area contributed by atoms with Gasteiger partial charge in [-0.1, -0.05) is 176 Å². The van der Waals surface area contributed by atoms with Gasteiger partial charge in [-0.25, -0.2) is 0 Å². The van der Waals surface area contributed by atoms with E-state index in [9.17, 15) is 0 Å². The van der Waals surface area contributed by atoms with E-state index >= 15 is 0 Å². The summed E-state index contributed by atoms with van der Waals surface area (Å²) in [5.74, 6) is 0. The van der Waals surface area contributed by atoms with Gasteiger partial charge in [-0.2, -0.15) is 0 Å². The summed E-state index contributed by atoms with van der Waals surface area (Å²) in [6, 6.07) is 78.8. The number of hydrogen-bond donors (Lipinski definition) is 0. The van der Waals surface area contributed by atoms with Gasteiger partial charge in [0.15, 0.2) is 0 Å². The zero-order valence-electron chi connectivity index (χ0n) is 33.5. The Morgan fingerprint density at radius 1 is 0.246 bits per heavy atom. The van der Waals surface area contributed by atoms with Crippen molar-refractivity contribution in [2.75, 3.05) is 0 Å². The quantitative estimate of drug-likeness (QED) is 0.121. The van der Waals surface area contributed by atoms with Crippen LogP contribution in [-0.2, 0) is 18.3 Å². The van der Waals surface area contributed by atoms with Crippen molar-refractivity contribution in [3.05, 3.63) is 240 Å². The minimum Gasteiger partial charge on any atom is -0.0620 e. The first-order valence-electron chi connectivity index (χ1n) is 21.7. The summed E-state index contributed by atoms with van der Waals surface area (Å²) in [5.41, 5.74) is 21.0. The van der Waals surface area contributed by atoms with Gasteiger partial charge < -0.3 is 0 Å². The van der Waals surface area contributed by atoms with E-state index in [0.717, 1.165) is 12.8 Å². The van der Waals surface area contributed by atoms with Crippen LogP contribution >= 0.6 is 0 Å². The molecule has 0 fully saturated rings. The van der Waals surface area contributed by atoms with E-state index in [0.29, 0.717) is 0 Å². The molecule has 3 aliphatic rings. The van der Waals surface area contributed by atoms with E-state index in [4.69, 9.17) is 0 Å². The van der Waals surface area contributed by atoms with E-state index in [1.54, 1.807) is 0 Å². The molecular formula is C61H38. The van der Waals surface area contributed by atoms with E-state index in [2.05, 4.69) is 206 Å². The Balaban J connectivity index is 1.01. The summed E-state index contributed by atoms with van der Waals surface area (Å²) in [6.45, 7) is 0. The maximum Gasteiger partial charge on any atom is 0.0725 e. The predicted octanol–water partition coefficient (Wildman–Crippen LogP) is 15.7. The summed E-state index contributed by atoms with van der Waals surface area (Å²) >= 11 is 0. The Labute approximate surface area is 355 Å². The molecule has 1 unspecified atom stereocenters. The predicted molar refractivity (Wildman–Crippen MR) is 256 cm³/mol. The molecule has 282 valence electrons. The molecule has 0 amide bonds. The lowest BCUT2D eigenvalue weighted by molar-refractivity contribution is 0.794.